The molecule has 19 heavy (non-hydrogen) atoms. The molecule has 1 saturated heterocycles. The van der Waals surface area contributed by atoms with E-state index in [1.165, 1.54) is 0 Å². The molecule has 0 bridgehead atoms. The lowest BCUT2D eigenvalue weighted by atomic mass is 10.1. The van der Waals surface area contributed by atoms with E-state index in [2.05, 4.69) is 0 Å². The molecule has 0 aliphatic carbocycles. The highest BCUT2D eigenvalue weighted by Crippen LogP contribution is 2.19. The molecule has 1 atom stereocenters. The number of thiocarbonyl (C=S) groups is 1. The van der Waals surface area contributed by atoms with E-state index in [0.29, 0.717) is 11.4 Å². The van der Waals surface area contributed by atoms with Crippen molar-refractivity contribution < 1.29 is 9.53 Å². The van der Waals surface area contributed by atoms with Gasteiger partial charge in [0, 0.05) is 6.54 Å². The second kappa shape index (κ2) is 6.02. The van der Waals surface area contributed by atoms with Crippen LogP contribution in [0.1, 0.15) is 18.4 Å². The lowest BCUT2D eigenvalue weighted by Crippen LogP contribution is -2.43. The minimum Gasteiger partial charge on any atom is -0.497 e. The Morgan fingerprint density at radius 3 is 2.74 bits per heavy atom. The summed E-state index contributed by atoms with van der Waals surface area (Å²) < 4.78 is 5.09. The number of methoxy groups -OCH3 is 1. The van der Waals surface area contributed by atoms with Gasteiger partial charge in [-0.25, -0.2) is 0 Å². The zero-order valence-corrected chi connectivity index (χ0v) is 11.8. The topological polar surface area (TPSA) is 55.6 Å². The van der Waals surface area contributed by atoms with Crippen LogP contribution >= 0.6 is 12.2 Å². The van der Waals surface area contributed by atoms with Gasteiger partial charge in [-0.05, 0) is 30.5 Å². The molecular formula is C14H18N2O2S. The van der Waals surface area contributed by atoms with Gasteiger partial charge in [-0.1, -0.05) is 24.4 Å². The van der Waals surface area contributed by atoms with E-state index in [-0.39, 0.29) is 11.9 Å². The molecule has 1 fully saturated rings. The molecule has 0 radical (unpaired) electrons. The third-order valence-corrected chi connectivity index (χ3v) is 3.69. The van der Waals surface area contributed by atoms with Crippen LogP contribution in [-0.4, -0.2) is 35.5 Å². The molecule has 2 N–H and O–H groups in total. The first-order valence-corrected chi connectivity index (χ1v) is 6.74. The highest BCUT2D eigenvalue weighted by Gasteiger charge is 2.30. The Morgan fingerprint density at radius 2 is 2.16 bits per heavy atom. The van der Waals surface area contributed by atoms with Crippen molar-refractivity contribution in [2.24, 2.45) is 5.73 Å². The van der Waals surface area contributed by atoms with Crippen molar-refractivity contribution in [3.8, 4) is 5.75 Å². The first-order valence-electron chi connectivity index (χ1n) is 6.33. The number of likely N-dealkylation sites (tertiary alicyclic amines) is 1. The predicted octanol–water partition coefficient (Wildman–Crippen LogP) is 1.51. The summed E-state index contributed by atoms with van der Waals surface area (Å²) in [6.07, 6.45) is 2.23. The fourth-order valence-corrected chi connectivity index (χ4v) is 2.63. The van der Waals surface area contributed by atoms with Gasteiger partial charge >= 0.3 is 0 Å². The van der Waals surface area contributed by atoms with Crippen molar-refractivity contribution in [2.75, 3.05) is 13.7 Å². The van der Waals surface area contributed by atoms with Crippen LogP contribution in [0.25, 0.3) is 0 Å². The van der Waals surface area contributed by atoms with E-state index in [0.717, 1.165) is 30.7 Å². The van der Waals surface area contributed by atoms with Crippen molar-refractivity contribution >= 4 is 23.1 Å². The first kappa shape index (κ1) is 13.8. The highest BCUT2D eigenvalue weighted by atomic mass is 32.1. The Labute approximate surface area is 118 Å². The van der Waals surface area contributed by atoms with Crippen LogP contribution in [0, 0.1) is 0 Å². The largest absolute Gasteiger partial charge is 0.497 e. The van der Waals surface area contributed by atoms with Crippen molar-refractivity contribution in [1.82, 2.24) is 4.90 Å². The summed E-state index contributed by atoms with van der Waals surface area (Å²) in [4.78, 5) is 14.5. The summed E-state index contributed by atoms with van der Waals surface area (Å²) in [5, 5.41) is 0. The number of carbonyl (C=O) groups excluding carboxylic acids is 1. The van der Waals surface area contributed by atoms with Crippen LogP contribution in [0.4, 0.5) is 0 Å². The minimum absolute atomic E-state index is 0.0688. The highest BCUT2D eigenvalue weighted by molar-refractivity contribution is 7.80. The number of benzene rings is 1. The monoisotopic (exact) mass is 278 g/mol. The molecule has 102 valence electrons. The molecule has 1 aliphatic heterocycles. The molecule has 1 unspecified atom stereocenters. The maximum absolute atomic E-state index is 12.3. The zero-order chi connectivity index (χ0) is 13.8. The van der Waals surface area contributed by atoms with Crippen molar-refractivity contribution in [3.63, 3.8) is 0 Å². The molecule has 1 aliphatic rings. The summed E-state index contributed by atoms with van der Waals surface area (Å²) in [7, 11) is 1.62. The summed E-state index contributed by atoms with van der Waals surface area (Å²) in [6, 6.07) is 7.46. The van der Waals surface area contributed by atoms with Gasteiger partial charge in [0.1, 0.15) is 5.75 Å². The standard InChI is InChI=1S/C14H18N2O2S/c1-18-11-6-4-10(5-7-11)9-13(17)16-8-2-3-12(16)14(15)19/h4-7,12H,2-3,8-9H2,1H3,(H2,15,19). The summed E-state index contributed by atoms with van der Waals surface area (Å²) in [6.45, 7) is 0.747. The van der Waals surface area contributed by atoms with E-state index in [1.54, 1.807) is 12.0 Å². The molecule has 1 aromatic rings. The van der Waals surface area contributed by atoms with Gasteiger partial charge in [0.2, 0.25) is 5.91 Å². The van der Waals surface area contributed by atoms with Crippen LogP contribution in [-0.2, 0) is 11.2 Å². The quantitative estimate of drug-likeness (QED) is 0.848. The average Bonchev–Trinajstić information content (AvgIpc) is 2.89. The van der Waals surface area contributed by atoms with Crippen LogP contribution in [0.5, 0.6) is 5.75 Å². The van der Waals surface area contributed by atoms with Gasteiger partial charge in [0.05, 0.1) is 24.6 Å². The van der Waals surface area contributed by atoms with Crippen molar-refractivity contribution in [3.05, 3.63) is 29.8 Å². The number of amides is 1. The Morgan fingerprint density at radius 1 is 1.47 bits per heavy atom. The van der Waals surface area contributed by atoms with Crippen LogP contribution < -0.4 is 10.5 Å². The molecule has 0 aromatic heterocycles. The Balaban J connectivity index is 2.01. The fourth-order valence-electron chi connectivity index (χ4n) is 2.38. The maximum atomic E-state index is 12.3. The van der Waals surface area contributed by atoms with Gasteiger partial charge in [0.15, 0.2) is 0 Å². The second-order valence-electron chi connectivity index (χ2n) is 4.67. The normalized spacial score (nSPS) is 18.4. The molecule has 0 spiro atoms. The number of hydrogen-bond donors (Lipinski definition) is 1. The molecule has 1 aromatic carbocycles. The minimum atomic E-state index is -0.0688. The summed E-state index contributed by atoms with van der Waals surface area (Å²) in [5.41, 5.74) is 6.65. The van der Waals surface area contributed by atoms with Crippen molar-refractivity contribution in [2.45, 2.75) is 25.3 Å². The lowest BCUT2D eigenvalue weighted by molar-refractivity contribution is -0.130. The lowest BCUT2D eigenvalue weighted by Gasteiger charge is -2.23. The second-order valence-corrected chi connectivity index (χ2v) is 5.14. The third-order valence-electron chi connectivity index (χ3n) is 3.42. The van der Waals surface area contributed by atoms with Gasteiger partial charge < -0.3 is 15.4 Å². The number of nitrogens with zero attached hydrogens (tertiary/aromatic N) is 1. The van der Waals surface area contributed by atoms with E-state index in [9.17, 15) is 4.79 Å². The third kappa shape index (κ3) is 3.23. The predicted molar refractivity (Wildman–Crippen MR) is 78.2 cm³/mol. The maximum Gasteiger partial charge on any atom is 0.227 e. The van der Waals surface area contributed by atoms with Crippen LogP contribution in [0.15, 0.2) is 24.3 Å². The summed E-state index contributed by atoms with van der Waals surface area (Å²) >= 11 is 5.02. The number of rotatable bonds is 4. The molecule has 4 nitrogen and oxygen atoms in total. The molecule has 5 heteroatoms. The van der Waals surface area contributed by atoms with E-state index < -0.39 is 0 Å². The number of ether oxygens (including phenoxy) is 1. The zero-order valence-electron chi connectivity index (χ0n) is 11.0. The van der Waals surface area contributed by atoms with Gasteiger partial charge in [-0.3, -0.25) is 4.79 Å². The number of carbonyl (C=O) groups is 1. The Hall–Kier alpha value is -1.62. The molecule has 2 rings (SSSR count). The van der Waals surface area contributed by atoms with E-state index >= 15 is 0 Å². The Kier molecular flexibility index (Phi) is 4.37. The molecule has 1 amide bonds. The van der Waals surface area contributed by atoms with Crippen LogP contribution in [0.2, 0.25) is 0 Å². The fraction of sp³-hybridized carbons (Fsp3) is 0.429. The van der Waals surface area contributed by atoms with E-state index in [4.69, 9.17) is 22.7 Å². The van der Waals surface area contributed by atoms with Gasteiger partial charge in [-0.2, -0.15) is 0 Å². The SMILES string of the molecule is COc1ccc(CC(=O)N2CCCC2C(N)=S)cc1. The Bertz CT molecular complexity index is 473. The van der Waals surface area contributed by atoms with E-state index in [1.807, 2.05) is 24.3 Å². The van der Waals surface area contributed by atoms with Gasteiger partial charge in [0.25, 0.3) is 0 Å². The van der Waals surface area contributed by atoms with Crippen LogP contribution in [0.3, 0.4) is 0 Å². The van der Waals surface area contributed by atoms with Gasteiger partial charge in [-0.15, -0.1) is 0 Å². The average molecular weight is 278 g/mol. The molecule has 1 heterocycles. The smallest absolute Gasteiger partial charge is 0.227 e. The number of nitrogens with two attached hydrogens (primary N) is 1. The number of hydrogen-bond acceptors (Lipinski definition) is 3. The van der Waals surface area contributed by atoms with Crippen molar-refractivity contribution in [1.29, 1.82) is 0 Å². The molecule has 0 saturated carbocycles. The summed E-state index contributed by atoms with van der Waals surface area (Å²) in [5.74, 6) is 0.874. The molecular weight excluding hydrogens is 260 g/mol. The first-order chi connectivity index (χ1) is 9.11.